The fourth-order valence-corrected chi connectivity index (χ4v) is 1.77. The second kappa shape index (κ2) is 7.26. The van der Waals surface area contributed by atoms with Crippen LogP contribution >= 0.6 is 11.6 Å². The fourth-order valence-electron chi connectivity index (χ4n) is 1.60. The molecule has 0 saturated carbocycles. The minimum absolute atomic E-state index is 0.117. The van der Waals surface area contributed by atoms with Gasteiger partial charge in [0.05, 0.1) is 22.9 Å². The van der Waals surface area contributed by atoms with Gasteiger partial charge in [-0.2, -0.15) is 5.10 Å². The van der Waals surface area contributed by atoms with Crippen molar-refractivity contribution in [3.8, 4) is 0 Å². The zero-order valence-electron chi connectivity index (χ0n) is 11.0. The molecule has 0 amide bonds. The topological polar surface area (TPSA) is 64.5 Å². The predicted octanol–water partition coefficient (Wildman–Crippen LogP) is 2.73. The molecular weight excluding hydrogens is 288 g/mol. The second-order valence-electron chi connectivity index (χ2n) is 4.17. The number of benzene rings is 2. The summed E-state index contributed by atoms with van der Waals surface area (Å²) in [6, 6.07) is 15.7. The number of carboxylic acid groups (broad SMARTS) is 1. The van der Waals surface area contributed by atoms with E-state index in [-0.39, 0.29) is 5.56 Å². The van der Waals surface area contributed by atoms with Gasteiger partial charge in [0.1, 0.15) is 0 Å². The first kappa shape index (κ1) is 14.8. The molecule has 2 rings (SSSR count). The zero-order valence-corrected chi connectivity index (χ0v) is 11.7. The van der Waals surface area contributed by atoms with Crippen LogP contribution in [0.2, 0.25) is 0 Å². The third kappa shape index (κ3) is 4.78. The van der Waals surface area contributed by atoms with Crippen molar-refractivity contribution in [2.24, 2.45) is 5.10 Å². The number of allylic oxidation sites excluding steroid dienone is 1. The molecule has 2 aromatic rings. The van der Waals surface area contributed by atoms with E-state index in [1.807, 2.05) is 30.3 Å². The van der Waals surface area contributed by atoms with Gasteiger partial charge in [-0.15, -0.1) is 0 Å². The molecular formula is C16H12ClN2O2-. The monoisotopic (exact) mass is 299 g/mol. The van der Waals surface area contributed by atoms with Gasteiger partial charge in [-0.3, -0.25) is 5.43 Å². The van der Waals surface area contributed by atoms with E-state index in [1.165, 1.54) is 18.3 Å². The molecule has 0 aliphatic rings. The van der Waals surface area contributed by atoms with Crippen molar-refractivity contribution >= 4 is 35.5 Å². The quantitative estimate of drug-likeness (QED) is 0.682. The van der Waals surface area contributed by atoms with Crippen LogP contribution < -0.4 is 10.5 Å². The van der Waals surface area contributed by atoms with Crippen LogP contribution in [0.25, 0.3) is 6.08 Å². The van der Waals surface area contributed by atoms with Crippen LogP contribution in [0.5, 0.6) is 0 Å². The van der Waals surface area contributed by atoms with Gasteiger partial charge in [-0.25, -0.2) is 0 Å². The Morgan fingerprint density at radius 2 is 1.76 bits per heavy atom. The minimum Gasteiger partial charge on any atom is -0.545 e. The highest BCUT2D eigenvalue weighted by atomic mass is 35.5. The number of carbonyl (C=O) groups excluding carboxylic acids is 1. The lowest BCUT2D eigenvalue weighted by atomic mass is 10.2. The first-order chi connectivity index (χ1) is 10.1. The molecule has 0 aromatic heterocycles. The summed E-state index contributed by atoms with van der Waals surface area (Å²) < 4.78 is 0. The molecule has 0 fully saturated rings. The predicted molar refractivity (Wildman–Crippen MR) is 83.2 cm³/mol. The van der Waals surface area contributed by atoms with Crippen LogP contribution in [0.1, 0.15) is 15.9 Å². The molecule has 0 bridgehead atoms. The molecule has 5 heteroatoms. The Kier molecular flexibility index (Phi) is 5.12. The van der Waals surface area contributed by atoms with Crippen LogP contribution in [-0.4, -0.2) is 12.2 Å². The molecule has 4 nitrogen and oxygen atoms in total. The maximum Gasteiger partial charge on any atom is 0.0715 e. The van der Waals surface area contributed by atoms with Gasteiger partial charge in [0.15, 0.2) is 0 Å². The number of aromatic carboxylic acids is 1. The van der Waals surface area contributed by atoms with Gasteiger partial charge in [0.25, 0.3) is 0 Å². The summed E-state index contributed by atoms with van der Waals surface area (Å²) in [5.74, 6) is -1.21. The van der Waals surface area contributed by atoms with E-state index < -0.39 is 5.97 Å². The van der Waals surface area contributed by atoms with Crippen LogP contribution in [-0.2, 0) is 0 Å². The smallest absolute Gasteiger partial charge is 0.0715 e. The third-order valence-corrected chi connectivity index (χ3v) is 2.81. The maximum absolute atomic E-state index is 10.6. The zero-order chi connectivity index (χ0) is 15.1. The lowest BCUT2D eigenvalue weighted by molar-refractivity contribution is -0.255. The largest absolute Gasteiger partial charge is 0.545 e. The van der Waals surface area contributed by atoms with Gasteiger partial charge in [-0.1, -0.05) is 54.1 Å². The van der Waals surface area contributed by atoms with E-state index in [1.54, 1.807) is 18.2 Å². The first-order valence-corrected chi connectivity index (χ1v) is 6.56. The van der Waals surface area contributed by atoms with Crippen molar-refractivity contribution in [1.29, 1.82) is 0 Å². The number of hydrogen-bond acceptors (Lipinski definition) is 4. The summed E-state index contributed by atoms with van der Waals surface area (Å²) >= 11 is 6.03. The maximum atomic E-state index is 10.6. The summed E-state index contributed by atoms with van der Waals surface area (Å²) in [4.78, 5) is 10.6. The third-order valence-electron chi connectivity index (χ3n) is 2.61. The van der Waals surface area contributed by atoms with E-state index in [2.05, 4.69) is 10.5 Å². The first-order valence-electron chi connectivity index (χ1n) is 6.18. The number of halogens is 1. The number of carboxylic acids is 1. The average Bonchev–Trinajstić information content (AvgIpc) is 2.49. The lowest BCUT2D eigenvalue weighted by Crippen LogP contribution is -2.21. The van der Waals surface area contributed by atoms with Crippen molar-refractivity contribution in [3.05, 3.63) is 70.8 Å². The normalized spacial score (nSPS) is 11.6. The van der Waals surface area contributed by atoms with Crippen LogP contribution in [0, 0.1) is 0 Å². The Bertz CT molecular complexity index is 664. The molecule has 0 radical (unpaired) electrons. The fraction of sp³-hybridized carbons (Fsp3) is 0. The Labute approximate surface area is 127 Å². The number of carbonyl (C=O) groups is 1. The molecule has 2 aromatic carbocycles. The summed E-state index contributed by atoms with van der Waals surface area (Å²) in [7, 11) is 0. The summed E-state index contributed by atoms with van der Waals surface area (Å²) in [6.45, 7) is 0. The number of rotatable bonds is 5. The Hall–Kier alpha value is -2.59. The van der Waals surface area contributed by atoms with E-state index in [0.29, 0.717) is 10.7 Å². The van der Waals surface area contributed by atoms with Crippen molar-refractivity contribution in [2.45, 2.75) is 0 Å². The molecule has 106 valence electrons. The molecule has 21 heavy (non-hydrogen) atoms. The minimum atomic E-state index is -1.21. The van der Waals surface area contributed by atoms with Crippen molar-refractivity contribution in [2.75, 3.05) is 5.43 Å². The van der Waals surface area contributed by atoms with E-state index in [9.17, 15) is 9.90 Å². The highest BCUT2D eigenvalue weighted by Gasteiger charge is 1.94. The van der Waals surface area contributed by atoms with Crippen molar-refractivity contribution in [3.63, 3.8) is 0 Å². The molecule has 0 aliphatic carbocycles. The molecule has 0 saturated heterocycles. The molecule has 0 unspecified atom stereocenters. The Morgan fingerprint density at radius 3 is 2.38 bits per heavy atom. The molecule has 0 heterocycles. The number of nitrogens with one attached hydrogen (secondary N) is 1. The number of hydrazone groups is 1. The van der Waals surface area contributed by atoms with Gasteiger partial charge >= 0.3 is 0 Å². The Morgan fingerprint density at radius 1 is 1.10 bits per heavy atom. The summed E-state index contributed by atoms with van der Waals surface area (Å²) in [5.41, 5.74) is 4.51. The van der Waals surface area contributed by atoms with Crippen LogP contribution in [0.4, 0.5) is 5.69 Å². The van der Waals surface area contributed by atoms with E-state index in [4.69, 9.17) is 11.6 Å². The molecule has 0 atom stereocenters. The number of hydrogen-bond donors (Lipinski definition) is 1. The second-order valence-corrected chi connectivity index (χ2v) is 4.61. The molecule has 0 spiro atoms. The van der Waals surface area contributed by atoms with Crippen LogP contribution in [0.15, 0.2) is 64.7 Å². The van der Waals surface area contributed by atoms with E-state index >= 15 is 0 Å². The van der Waals surface area contributed by atoms with Crippen molar-refractivity contribution in [1.82, 2.24) is 0 Å². The molecule has 1 N–H and O–H groups in total. The number of nitrogens with zero attached hydrogens (tertiary/aromatic N) is 1. The van der Waals surface area contributed by atoms with Gasteiger partial charge in [0.2, 0.25) is 0 Å². The van der Waals surface area contributed by atoms with E-state index in [0.717, 1.165) is 5.56 Å². The van der Waals surface area contributed by atoms with Crippen LogP contribution in [0.3, 0.4) is 0 Å². The lowest BCUT2D eigenvalue weighted by Gasteiger charge is -2.03. The highest BCUT2D eigenvalue weighted by Crippen LogP contribution is 2.10. The molecule has 0 aliphatic heterocycles. The average molecular weight is 300 g/mol. The Balaban J connectivity index is 1.95. The van der Waals surface area contributed by atoms with Gasteiger partial charge < -0.3 is 9.90 Å². The SMILES string of the molecule is O=C([O-])c1ccc(N/N=C\C(Cl)=C\c2ccccc2)cc1. The van der Waals surface area contributed by atoms with Crippen molar-refractivity contribution < 1.29 is 9.90 Å². The standard InChI is InChI=1S/C16H13ClN2O2/c17-14(10-12-4-2-1-3-5-12)11-18-19-15-8-6-13(7-9-15)16(20)21/h1-11,19H,(H,20,21)/p-1/b14-10-,18-11-. The van der Waals surface area contributed by atoms with Gasteiger partial charge in [-0.05, 0) is 29.3 Å². The highest BCUT2D eigenvalue weighted by molar-refractivity contribution is 6.41. The summed E-state index contributed by atoms with van der Waals surface area (Å²) in [6.07, 6.45) is 3.26. The summed E-state index contributed by atoms with van der Waals surface area (Å²) in [5, 5.41) is 15.0. The number of anilines is 1. The van der Waals surface area contributed by atoms with Gasteiger partial charge in [0, 0.05) is 0 Å².